The molecule has 20 heavy (non-hydrogen) atoms. The van der Waals surface area contributed by atoms with E-state index >= 15 is 0 Å². The predicted molar refractivity (Wildman–Crippen MR) is 67.5 cm³/mol. The van der Waals surface area contributed by atoms with Gasteiger partial charge in [-0.25, -0.2) is 0 Å². The summed E-state index contributed by atoms with van der Waals surface area (Å²) < 4.78 is 5.27. The number of nitro groups is 2. The van der Waals surface area contributed by atoms with Gasteiger partial charge in [0.1, 0.15) is 0 Å². The van der Waals surface area contributed by atoms with E-state index in [1.165, 1.54) is 18.2 Å². The van der Waals surface area contributed by atoms with Crippen LogP contribution in [0.4, 0.5) is 5.69 Å². The van der Waals surface area contributed by atoms with Crippen molar-refractivity contribution in [3.63, 3.8) is 0 Å². The molecule has 1 aromatic carbocycles. The molecule has 0 aromatic heterocycles. The average molecular weight is 272 g/mol. The molecule has 0 bridgehead atoms. The Kier molecular flexibility index (Phi) is 1.87. The van der Waals surface area contributed by atoms with E-state index in [0.29, 0.717) is 6.42 Å². The Morgan fingerprint density at radius 3 is 2.80 bits per heavy atom. The molecule has 0 N–H and O–H groups in total. The van der Waals surface area contributed by atoms with Crippen LogP contribution in [-0.2, 0) is 11.2 Å². The highest BCUT2D eigenvalue weighted by Gasteiger charge is 2.70. The predicted octanol–water partition coefficient (Wildman–Crippen LogP) is 1.85. The van der Waals surface area contributed by atoms with Crippen molar-refractivity contribution in [2.75, 3.05) is 0 Å². The number of non-ortho nitro benzene ring substituents is 1. The highest BCUT2D eigenvalue weighted by atomic mass is 16.7. The van der Waals surface area contributed by atoms with Gasteiger partial charge < -0.3 is 0 Å². The maximum absolute atomic E-state index is 11.0. The lowest BCUT2D eigenvalue weighted by molar-refractivity contribution is -0.548. The van der Waals surface area contributed by atoms with Crippen LogP contribution in [0.5, 0.6) is 0 Å². The highest BCUT2D eigenvalue weighted by Crippen LogP contribution is 2.53. The second kappa shape index (κ2) is 3.31. The topological polar surface area (TPSA) is 98.8 Å². The van der Waals surface area contributed by atoms with Crippen molar-refractivity contribution in [2.45, 2.75) is 18.2 Å². The van der Waals surface area contributed by atoms with Crippen molar-refractivity contribution in [1.29, 1.82) is 0 Å². The quantitative estimate of drug-likeness (QED) is 0.464. The molecule has 7 nitrogen and oxygen atoms in total. The number of epoxide rings is 1. The number of hydrogen-bond donors (Lipinski definition) is 0. The van der Waals surface area contributed by atoms with Gasteiger partial charge in [-0.1, -0.05) is 0 Å². The number of rotatable bonds is 2. The SMILES string of the molecule is O=[N+]([O-])c1ccc2c(c1)CC1=C2C=CC2([N+](=O)[O-])OC12. The molecule has 0 saturated carbocycles. The Labute approximate surface area is 112 Å². The molecule has 0 radical (unpaired) electrons. The lowest BCUT2D eigenvalue weighted by Crippen LogP contribution is -2.26. The normalized spacial score (nSPS) is 28.7. The fourth-order valence-corrected chi connectivity index (χ4v) is 3.01. The minimum Gasteiger partial charge on any atom is -0.290 e. The Hall–Kier alpha value is -2.54. The zero-order valence-corrected chi connectivity index (χ0v) is 10.1. The van der Waals surface area contributed by atoms with Gasteiger partial charge in [-0.05, 0) is 40.8 Å². The van der Waals surface area contributed by atoms with Gasteiger partial charge in [0.2, 0.25) is 0 Å². The summed E-state index contributed by atoms with van der Waals surface area (Å²) in [5.41, 5.74) is 2.09. The van der Waals surface area contributed by atoms with Gasteiger partial charge in [0.25, 0.3) is 5.69 Å². The number of nitro benzene ring substituents is 1. The molecule has 1 aliphatic heterocycles. The fourth-order valence-electron chi connectivity index (χ4n) is 3.01. The van der Waals surface area contributed by atoms with Crippen LogP contribution >= 0.6 is 0 Å². The molecular weight excluding hydrogens is 264 g/mol. The van der Waals surface area contributed by atoms with Gasteiger partial charge in [-0.2, -0.15) is 0 Å². The molecule has 2 aliphatic carbocycles. The van der Waals surface area contributed by atoms with Gasteiger partial charge in [-0.3, -0.25) is 25.0 Å². The molecular formula is C13H8N2O5. The standard InChI is InChI=1S/C13H8N2O5/c16-14(17)8-1-2-9-7(5-8)6-11-10(9)3-4-13(15(18)19)12(11)20-13/h1-5,12H,6H2. The Morgan fingerprint density at radius 2 is 2.10 bits per heavy atom. The van der Waals surface area contributed by atoms with Crippen molar-refractivity contribution in [3.05, 3.63) is 67.3 Å². The van der Waals surface area contributed by atoms with Gasteiger partial charge in [0.15, 0.2) is 6.10 Å². The molecule has 100 valence electrons. The lowest BCUT2D eigenvalue weighted by atomic mass is 9.95. The van der Waals surface area contributed by atoms with E-state index < -0.39 is 21.7 Å². The van der Waals surface area contributed by atoms with E-state index in [1.54, 1.807) is 12.1 Å². The van der Waals surface area contributed by atoms with Crippen LogP contribution in [-0.4, -0.2) is 21.7 Å². The van der Waals surface area contributed by atoms with Crippen molar-refractivity contribution in [1.82, 2.24) is 0 Å². The second-order valence-electron chi connectivity index (χ2n) is 5.05. The fraction of sp³-hybridized carbons (Fsp3) is 0.231. The summed E-state index contributed by atoms with van der Waals surface area (Å²) in [6, 6.07) is 4.67. The number of nitrogens with zero attached hydrogens (tertiary/aromatic N) is 2. The van der Waals surface area contributed by atoms with Crippen molar-refractivity contribution < 1.29 is 14.6 Å². The summed E-state index contributed by atoms with van der Waals surface area (Å²) in [4.78, 5) is 21.0. The van der Waals surface area contributed by atoms with Gasteiger partial charge in [0.05, 0.1) is 9.85 Å². The summed E-state index contributed by atoms with van der Waals surface area (Å²) in [5.74, 6) is 0. The van der Waals surface area contributed by atoms with Crippen molar-refractivity contribution in [2.24, 2.45) is 0 Å². The summed E-state index contributed by atoms with van der Waals surface area (Å²) in [7, 11) is 0. The number of ether oxygens (including phenoxy) is 1. The number of allylic oxidation sites excluding steroid dienone is 2. The number of benzene rings is 1. The van der Waals surface area contributed by atoms with Gasteiger partial charge >= 0.3 is 5.72 Å². The average Bonchev–Trinajstić information content (AvgIpc) is 3.07. The zero-order chi connectivity index (χ0) is 14.1. The monoisotopic (exact) mass is 272 g/mol. The molecule has 1 aromatic rings. The third kappa shape index (κ3) is 1.22. The minimum atomic E-state index is -1.41. The third-order valence-electron chi connectivity index (χ3n) is 4.03. The molecule has 0 amide bonds. The van der Waals surface area contributed by atoms with Gasteiger partial charge in [-0.15, -0.1) is 0 Å². The van der Waals surface area contributed by atoms with Gasteiger partial charge in [0, 0.05) is 18.2 Å². The summed E-state index contributed by atoms with van der Waals surface area (Å²) in [6.07, 6.45) is 3.09. The smallest absolute Gasteiger partial charge is 0.290 e. The largest absolute Gasteiger partial charge is 0.376 e. The Morgan fingerprint density at radius 1 is 1.30 bits per heavy atom. The second-order valence-corrected chi connectivity index (χ2v) is 5.05. The molecule has 2 atom stereocenters. The van der Waals surface area contributed by atoms with Crippen molar-refractivity contribution >= 4 is 11.3 Å². The number of hydrogen-bond acceptors (Lipinski definition) is 5. The maximum atomic E-state index is 11.0. The lowest BCUT2D eigenvalue weighted by Gasteiger charge is -2.07. The van der Waals surface area contributed by atoms with E-state index in [0.717, 1.165) is 22.3 Å². The molecule has 3 aliphatic rings. The summed E-state index contributed by atoms with van der Waals surface area (Å²) >= 11 is 0. The van der Waals surface area contributed by atoms with Crippen LogP contribution in [0.2, 0.25) is 0 Å². The van der Waals surface area contributed by atoms with E-state index in [2.05, 4.69) is 0 Å². The Balaban J connectivity index is 1.76. The summed E-state index contributed by atoms with van der Waals surface area (Å²) in [6.45, 7) is 0. The van der Waals surface area contributed by atoms with E-state index in [-0.39, 0.29) is 5.69 Å². The first-order chi connectivity index (χ1) is 9.53. The molecule has 1 fully saturated rings. The van der Waals surface area contributed by atoms with Crippen LogP contribution in [0.1, 0.15) is 11.1 Å². The Bertz CT molecular complexity index is 751. The van der Waals surface area contributed by atoms with Crippen LogP contribution in [0.25, 0.3) is 5.57 Å². The first-order valence-electron chi connectivity index (χ1n) is 6.05. The van der Waals surface area contributed by atoms with Crippen LogP contribution in [0.15, 0.2) is 35.9 Å². The minimum absolute atomic E-state index is 0.0323. The molecule has 7 heteroatoms. The maximum Gasteiger partial charge on any atom is 0.376 e. The highest BCUT2D eigenvalue weighted by molar-refractivity contribution is 5.86. The molecule has 1 heterocycles. The molecule has 0 spiro atoms. The first-order valence-corrected chi connectivity index (χ1v) is 6.05. The molecule has 1 saturated heterocycles. The third-order valence-corrected chi connectivity index (χ3v) is 4.03. The van der Waals surface area contributed by atoms with Crippen LogP contribution < -0.4 is 0 Å². The molecule has 4 rings (SSSR count). The first kappa shape index (κ1) is 11.3. The summed E-state index contributed by atoms with van der Waals surface area (Å²) in [5, 5.41) is 21.8. The van der Waals surface area contributed by atoms with Crippen molar-refractivity contribution in [3.8, 4) is 0 Å². The molecule has 2 unspecified atom stereocenters. The van der Waals surface area contributed by atoms with E-state index in [4.69, 9.17) is 4.74 Å². The van der Waals surface area contributed by atoms with Crippen LogP contribution in [0, 0.1) is 20.2 Å². The zero-order valence-electron chi connectivity index (χ0n) is 10.1. The van der Waals surface area contributed by atoms with E-state index in [1.807, 2.05) is 0 Å². The van der Waals surface area contributed by atoms with E-state index in [9.17, 15) is 20.2 Å². The number of fused-ring (bicyclic) bond motifs is 4. The van der Waals surface area contributed by atoms with Crippen LogP contribution in [0.3, 0.4) is 0 Å².